The number of rotatable bonds is 3. The van der Waals surface area contributed by atoms with Crippen molar-refractivity contribution in [3.63, 3.8) is 0 Å². The van der Waals surface area contributed by atoms with Gasteiger partial charge in [-0.05, 0) is 49.6 Å². The Labute approximate surface area is 163 Å². The summed E-state index contributed by atoms with van der Waals surface area (Å²) in [5.41, 5.74) is 5.81. The molecular weight excluding hydrogens is 354 g/mol. The van der Waals surface area contributed by atoms with Crippen molar-refractivity contribution in [2.45, 2.75) is 26.8 Å². The number of fused-ring (bicyclic) bond motifs is 2. The summed E-state index contributed by atoms with van der Waals surface area (Å²) in [6, 6.07) is 13.1. The van der Waals surface area contributed by atoms with Gasteiger partial charge in [0.15, 0.2) is 6.61 Å². The maximum atomic E-state index is 12.5. The Hall–Kier alpha value is -3.28. The summed E-state index contributed by atoms with van der Waals surface area (Å²) in [5.74, 6) is -0.720. The highest BCUT2D eigenvalue weighted by Gasteiger charge is 2.21. The second-order valence-electron chi connectivity index (χ2n) is 7.01. The second-order valence-corrected chi connectivity index (χ2v) is 7.01. The molecule has 0 atom stereocenters. The molecule has 2 heterocycles. The van der Waals surface area contributed by atoms with Crippen LogP contribution in [0.2, 0.25) is 0 Å². The van der Waals surface area contributed by atoms with Crippen LogP contribution in [-0.2, 0) is 22.5 Å². The van der Waals surface area contributed by atoms with Crippen LogP contribution < -0.4 is 0 Å². The van der Waals surface area contributed by atoms with Crippen LogP contribution in [-0.4, -0.2) is 39.9 Å². The number of benzene rings is 2. The summed E-state index contributed by atoms with van der Waals surface area (Å²) >= 11 is 0. The van der Waals surface area contributed by atoms with Gasteiger partial charge in [0.1, 0.15) is 0 Å². The van der Waals surface area contributed by atoms with Crippen molar-refractivity contribution in [3.05, 3.63) is 70.5 Å². The number of aromatic nitrogens is 2. The van der Waals surface area contributed by atoms with Crippen LogP contribution >= 0.6 is 0 Å². The van der Waals surface area contributed by atoms with Crippen LogP contribution in [0.1, 0.15) is 32.9 Å². The first kappa shape index (κ1) is 18.1. The molecule has 0 saturated heterocycles. The predicted octanol–water partition coefficient (Wildman–Crippen LogP) is 2.99. The quantitative estimate of drug-likeness (QED) is 0.658. The average molecular weight is 375 g/mol. The smallest absolute Gasteiger partial charge is 0.338 e. The molecule has 0 aliphatic carbocycles. The predicted molar refractivity (Wildman–Crippen MR) is 105 cm³/mol. The first-order chi connectivity index (χ1) is 13.5. The summed E-state index contributed by atoms with van der Waals surface area (Å²) in [7, 11) is 0. The molecule has 6 heteroatoms. The molecule has 0 saturated carbocycles. The van der Waals surface area contributed by atoms with E-state index in [4.69, 9.17) is 4.74 Å². The minimum absolute atomic E-state index is 0.185. The number of amides is 1. The highest BCUT2D eigenvalue weighted by molar-refractivity contribution is 5.94. The number of carbonyl (C=O) groups is 2. The van der Waals surface area contributed by atoms with Crippen molar-refractivity contribution in [1.82, 2.24) is 14.9 Å². The van der Waals surface area contributed by atoms with Gasteiger partial charge in [-0.3, -0.25) is 4.79 Å². The molecule has 1 aliphatic rings. The molecule has 1 amide bonds. The van der Waals surface area contributed by atoms with Gasteiger partial charge in [0.05, 0.1) is 28.0 Å². The SMILES string of the molecule is Cc1nc2ccc(C(=O)OCC(=O)N3CCc4ccccc4C3)cc2nc1C. The van der Waals surface area contributed by atoms with E-state index in [1.165, 1.54) is 5.56 Å². The largest absolute Gasteiger partial charge is 0.452 e. The number of nitrogens with zero attached hydrogens (tertiary/aromatic N) is 3. The van der Waals surface area contributed by atoms with Crippen LogP contribution in [0.15, 0.2) is 42.5 Å². The fourth-order valence-corrected chi connectivity index (χ4v) is 3.37. The molecule has 2 aromatic carbocycles. The van der Waals surface area contributed by atoms with Gasteiger partial charge in [-0.25, -0.2) is 14.8 Å². The van der Waals surface area contributed by atoms with E-state index in [2.05, 4.69) is 16.0 Å². The molecule has 28 heavy (non-hydrogen) atoms. The van der Waals surface area contributed by atoms with Crippen LogP contribution in [0.5, 0.6) is 0 Å². The summed E-state index contributed by atoms with van der Waals surface area (Å²) in [6.45, 7) is 4.70. The van der Waals surface area contributed by atoms with Gasteiger partial charge in [0.2, 0.25) is 0 Å². The van der Waals surface area contributed by atoms with Crippen molar-refractivity contribution in [3.8, 4) is 0 Å². The first-order valence-electron chi connectivity index (χ1n) is 9.28. The fourth-order valence-electron chi connectivity index (χ4n) is 3.37. The minimum Gasteiger partial charge on any atom is -0.452 e. The van der Waals surface area contributed by atoms with Gasteiger partial charge in [0, 0.05) is 13.1 Å². The van der Waals surface area contributed by atoms with Gasteiger partial charge >= 0.3 is 5.97 Å². The highest BCUT2D eigenvalue weighted by Crippen LogP contribution is 2.19. The first-order valence-corrected chi connectivity index (χ1v) is 9.28. The molecule has 142 valence electrons. The molecule has 0 unspecified atom stereocenters. The zero-order valence-corrected chi connectivity index (χ0v) is 15.9. The lowest BCUT2D eigenvalue weighted by Crippen LogP contribution is -2.38. The second kappa shape index (κ2) is 7.38. The van der Waals surface area contributed by atoms with Gasteiger partial charge in [-0.1, -0.05) is 24.3 Å². The van der Waals surface area contributed by atoms with E-state index in [9.17, 15) is 9.59 Å². The maximum Gasteiger partial charge on any atom is 0.338 e. The molecule has 1 aliphatic heterocycles. The molecule has 0 N–H and O–H groups in total. The third-order valence-electron chi connectivity index (χ3n) is 5.12. The normalized spacial score (nSPS) is 13.3. The molecule has 4 rings (SSSR count). The Morgan fingerprint density at radius 3 is 2.50 bits per heavy atom. The molecule has 0 radical (unpaired) electrons. The Morgan fingerprint density at radius 1 is 1.00 bits per heavy atom. The van der Waals surface area contributed by atoms with E-state index in [1.807, 2.05) is 32.0 Å². The van der Waals surface area contributed by atoms with Crippen molar-refractivity contribution in [1.29, 1.82) is 0 Å². The van der Waals surface area contributed by atoms with Crippen molar-refractivity contribution in [2.75, 3.05) is 13.2 Å². The molecule has 6 nitrogen and oxygen atoms in total. The Bertz CT molecular complexity index is 1080. The fraction of sp³-hybridized carbons (Fsp3) is 0.273. The third kappa shape index (κ3) is 3.58. The zero-order chi connectivity index (χ0) is 19.7. The lowest BCUT2D eigenvalue weighted by Gasteiger charge is -2.28. The Kier molecular flexibility index (Phi) is 4.77. The monoisotopic (exact) mass is 375 g/mol. The number of ether oxygens (including phenoxy) is 1. The van der Waals surface area contributed by atoms with Gasteiger partial charge < -0.3 is 9.64 Å². The number of aryl methyl sites for hydroxylation is 2. The molecule has 3 aromatic rings. The van der Waals surface area contributed by atoms with Crippen LogP contribution in [0, 0.1) is 13.8 Å². The zero-order valence-electron chi connectivity index (χ0n) is 15.9. The Morgan fingerprint density at radius 2 is 1.71 bits per heavy atom. The Balaban J connectivity index is 1.41. The van der Waals surface area contributed by atoms with Gasteiger partial charge in [-0.2, -0.15) is 0 Å². The van der Waals surface area contributed by atoms with E-state index in [-0.39, 0.29) is 12.5 Å². The summed E-state index contributed by atoms with van der Waals surface area (Å²) in [5, 5.41) is 0. The third-order valence-corrected chi connectivity index (χ3v) is 5.12. The van der Waals surface area contributed by atoms with Crippen LogP contribution in [0.25, 0.3) is 11.0 Å². The van der Waals surface area contributed by atoms with E-state index in [0.29, 0.717) is 24.2 Å². The number of carbonyl (C=O) groups excluding carboxylic acids is 2. The van der Waals surface area contributed by atoms with E-state index in [1.54, 1.807) is 23.1 Å². The number of esters is 1. The average Bonchev–Trinajstić information content (AvgIpc) is 2.72. The standard InChI is InChI=1S/C22H21N3O3/c1-14-15(2)24-20-11-17(7-8-19(20)23-14)22(27)28-13-21(26)25-10-9-16-5-3-4-6-18(16)12-25/h3-8,11H,9-10,12-13H2,1-2H3. The number of hydrogen-bond donors (Lipinski definition) is 0. The topological polar surface area (TPSA) is 72.4 Å². The molecular formula is C22H21N3O3. The van der Waals surface area contributed by atoms with Crippen LogP contribution in [0.3, 0.4) is 0 Å². The van der Waals surface area contributed by atoms with Crippen molar-refractivity contribution < 1.29 is 14.3 Å². The van der Waals surface area contributed by atoms with Crippen molar-refractivity contribution >= 4 is 22.9 Å². The summed E-state index contributed by atoms with van der Waals surface area (Å²) in [4.78, 5) is 35.5. The molecule has 1 aromatic heterocycles. The van der Waals surface area contributed by atoms with Gasteiger partial charge in [-0.15, -0.1) is 0 Å². The highest BCUT2D eigenvalue weighted by atomic mass is 16.5. The molecule has 0 spiro atoms. The lowest BCUT2D eigenvalue weighted by atomic mass is 10.00. The van der Waals surface area contributed by atoms with Gasteiger partial charge in [0.25, 0.3) is 5.91 Å². The minimum atomic E-state index is -0.535. The lowest BCUT2D eigenvalue weighted by molar-refractivity contribution is -0.135. The van der Waals surface area contributed by atoms with Crippen molar-refractivity contribution in [2.24, 2.45) is 0 Å². The maximum absolute atomic E-state index is 12.5. The van der Waals surface area contributed by atoms with E-state index >= 15 is 0 Å². The summed E-state index contributed by atoms with van der Waals surface area (Å²) < 4.78 is 5.26. The summed E-state index contributed by atoms with van der Waals surface area (Å²) in [6.07, 6.45) is 0.817. The van der Waals surface area contributed by atoms with Crippen LogP contribution in [0.4, 0.5) is 0 Å². The van der Waals surface area contributed by atoms with E-state index < -0.39 is 5.97 Å². The molecule has 0 fully saturated rings. The number of hydrogen-bond acceptors (Lipinski definition) is 5. The van der Waals surface area contributed by atoms with E-state index in [0.717, 1.165) is 28.9 Å². The molecule has 0 bridgehead atoms.